The van der Waals surface area contributed by atoms with Gasteiger partial charge in [0.25, 0.3) is 5.91 Å². The van der Waals surface area contributed by atoms with Crippen molar-refractivity contribution in [3.05, 3.63) is 35.0 Å². The Labute approximate surface area is 116 Å². The van der Waals surface area contributed by atoms with Crippen LogP contribution in [0.25, 0.3) is 11.0 Å². The SMILES string of the molecule is C[C@H](NC(=O)C(C)(C)O)c1cc2cc(Cl)ccc2o1. The van der Waals surface area contributed by atoms with Crippen LogP contribution in [0.4, 0.5) is 0 Å². The number of rotatable bonds is 3. The molecule has 0 aliphatic heterocycles. The molecule has 0 aliphatic rings. The van der Waals surface area contributed by atoms with Crippen molar-refractivity contribution in [2.24, 2.45) is 0 Å². The van der Waals surface area contributed by atoms with Crippen LogP contribution in [0.3, 0.4) is 0 Å². The molecule has 0 spiro atoms. The molecule has 1 aromatic heterocycles. The zero-order valence-electron chi connectivity index (χ0n) is 11.0. The number of hydrogen-bond donors (Lipinski definition) is 2. The Morgan fingerprint density at radius 1 is 1.42 bits per heavy atom. The van der Waals surface area contributed by atoms with Crippen LogP contribution in [0.15, 0.2) is 28.7 Å². The van der Waals surface area contributed by atoms with Gasteiger partial charge >= 0.3 is 0 Å². The summed E-state index contributed by atoms with van der Waals surface area (Å²) in [6.07, 6.45) is 0. The zero-order chi connectivity index (χ0) is 14.2. The van der Waals surface area contributed by atoms with E-state index in [1.54, 1.807) is 25.1 Å². The van der Waals surface area contributed by atoms with Gasteiger partial charge in [0.15, 0.2) is 0 Å². The topological polar surface area (TPSA) is 62.5 Å². The molecule has 0 bridgehead atoms. The van der Waals surface area contributed by atoms with Gasteiger partial charge in [0, 0.05) is 10.4 Å². The van der Waals surface area contributed by atoms with Gasteiger partial charge in [-0.2, -0.15) is 0 Å². The minimum Gasteiger partial charge on any atom is -0.459 e. The van der Waals surface area contributed by atoms with E-state index in [0.717, 1.165) is 5.39 Å². The molecule has 0 aliphatic carbocycles. The molecular formula is C14H16ClNO3. The first-order valence-corrected chi connectivity index (χ1v) is 6.37. The van der Waals surface area contributed by atoms with Crippen molar-refractivity contribution in [2.75, 3.05) is 0 Å². The van der Waals surface area contributed by atoms with Crippen LogP contribution in [0.1, 0.15) is 32.6 Å². The smallest absolute Gasteiger partial charge is 0.251 e. The second kappa shape index (κ2) is 4.87. The highest BCUT2D eigenvalue weighted by Crippen LogP contribution is 2.26. The maximum atomic E-state index is 11.7. The van der Waals surface area contributed by atoms with Gasteiger partial charge in [-0.3, -0.25) is 4.79 Å². The minimum absolute atomic E-state index is 0.329. The largest absolute Gasteiger partial charge is 0.459 e. The maximum Gasteiger partial charge on any atom is 0.251 e. The molecule has 2 rings (SSSR count). The first-order chi connectivity index (χ1) is 8.77. The second-order valence-corrected chi connectivity index (χ2v) is 5.52. The number of aliphatic hydroxyl groups is 1. The van der Waals surface area contributed by atoms with E-state index in [2.05, 4.69) is 5.32 Å². The molecule has 2 aromatic rings. The van der Waals surface area contributed by atoms with E-state index in [-0.39, 0.29) is 6.04 Å². The molecule has 1 aromatic carbocycles. The van der Waals surface area contributed by atoms with Crippen LogP contribution < -0.4 is 5.32 Å². The highest BCUT2D eigenvalue weighted by Gasteiger charge is 2.26. The molecule has 0 unspecified atom stereocenters. The summed E-state index contributed by atoms with van der Waals surface area (Å²) in [6, 6.07) is 6.83. The summed E-state index contributed by atoms with van der Waals surface area (Å²) in [5.74, 6) is 0.174. The second-order valence-electron chi connectivity index (χ2n) is 5.09. The third-order valence-corrected chi connectivity index (χ3v) is 3.06. The number of fused-ring (bicyclic) bond motifs is 1. The summed E-state index contributed by atoms with van der Waals surface area (Å²) in [5, 5.41) is 13.8. The fraction of sp³-hybridized carbons (Fsp3) is 0.357. The third-order valence-electron chi connectivity index (χ3n) is 2.83. The molecular weight excluding hydrogens is 266 g/mol. The van der Waals surface area contributed by atoms with Gasteiger partial charge in [-0.25, -0.2) is 0 Å². The Morgan fingerprint density at radius 2 is 2.11 bits per heavy atom. The third kappa shape index (κ3) is 3.08. The van der Waals surface area contributed by atoms with Crippen molar-refractivity contribution in [1.29, 1.82) is 0 Å². The lowest BCUT2D eigenvalue weighted by Gasteiger charge is -2.19. The number of nitrogens with one attached hydrogen (secondary N) is 1. The van der Waals surface area contributed by atoms with Gasteiger partial charge in [-0.15, -0.1) is 0 Å². The molecule has 4 nitrogen and oxygen atoms in total. The van der Waals surface area contributed by atoms with Crippen molar-refractivity contribution in [1.82, 2.24) is 5.32 Å². The van der Waals surface area contributed by atoms with Crippen molar-refractivity contribution >= 4 is 28.5 Å². The summed E-state index contributed by atoms with van der Waals surface area (Å²) >= 11 is 5.91. The molecule has 0 radical (unpaired) electrons. The Hall–Kier alpha value is -1.52. The van der Waals surface area contributed by atoms with Crippen molar-refractivity contribution in [3.8, 4) is 0 Å². The first-order valence-electron chi connectivity index (χ1n) is 6.00. The Kier molecular flexibility index (Phi) is 3.56. The molecule has 1 heterocycles. The Balaban J connectivity index is 2.22. The van der Waals surface area contributed by atoms with Crippen LogP contribution in [-0.4, -0.2) is 16.6 Å². The fourth-order valence-electron chi connectivity index (χ4n) is 1.69. The first kappa shape index (κ1) is 13.9. The van der Waals surface area contributed by atoms with E-state index in [4.69, 9.17) is 16.0 Å². The molecule has 19 heavy (non-hydrogen) atoms. The molecule has 0 fully saturated rings. The zero-order valence-corrected chi connectivity index (χ0v) is 11.8. The molecule has 0 saturated heterocycles. The van der Waals surface area contributed by atoms with Crippen LogP contribution in [0, 0.1) is 0 Å². The predicted octanol–water partition coefficient (Wildman–Crippen LogP) is 3.03. The Morgan fingerprint density at radius 3 is 2.74 bits per heavy atom. The fourth-order valence-corrected chi connectivity index (χ4v) is 1.87. The van der Waals surface area contributed by atoms with Crippen LogP contribution >= 0.6 is 11.6 Å². The van der Waals surface area contributed by atoms with E-state index >= 15 is 0 Å². The molecule has 2 N–H and O–H groups in total. The van der Waals surface area contributed by atoms with E-state index in [1.165, 1.54) is 13.8 Å². The molecule has 0 saturated carbocycles. The van der Waals surface area contributed by atoms with Gasteiger partial charge in [0.2, 0.25) is 0 Å². The number of carbonyl (C=O) groups excluding carboxylic acids is 1. The number of furan rings is 1. The maximum absolute atomic E-state index is 11.7. The summed E-state index contributed by atoms with van der Waals surface area (Å²) in [7, 11) is 0. The molecule has 102 valence electrons. The summed E-state index contributed by atoms with van der Waals surface area (Å²) in [5.41, 5.74) is -0.701. The highest BCUT2D eigenvalue weighted by molar-refractivity contribution is 6.31. The van der Waals surface area contributed by atoms with Crippen LogP contribution in [0.5, 0.6) is 0 Å². The van der Waals surface area contributed by atoms with Gasteiger partial charge in [-0.05, 0) is 45.0 Å². The molecule has 1 atom stereocenters. The lowest BCUT2D eigenvalue weighted by Crippen LogP contribution is -2.42. The summed E-state index contributed by atoms with van der Waals surface area (Å²) in [4.78, 5) is 11.7. The lowest BCUT2D eigenvalue weighted by molar-refractivity contribution is -0.137. The van der Waals surface area contributed by atoms with Crippen molar-refractivity contribution in [2.45, 2.75) is 32.4 Å². The van der Waals surface area contributed by atoms with E-state index in [9.17, 15) is 9.90 Å². The van der Waals surface area contributed by atoms with E-state index in [0.29, 0.717) is 16.4 Å². The number of halogens is 1. The lowest BCUT2D eigenvalue weighted by atomic mass is 10.1. The molecule has 1 amide bonds. The normalized spacial score (nSPS) is 13.5. The van der Waals surface area contributed by atoms with Gasteiger partial charge in [0.05, 0.1) is 6.04 Å². The monoisotopic (exact) mass is 281 g/mol. The van der Waals surface area contributed by atoms with Crippen molar-refractivity contribution in [3.63, 3.8) is 0 Å². The quantitative estimate of drug-likeness (QED) is 0.909. The Bertz CT molecular complexity index is 613. The van der Waals surface area contributed by atoms with Gasteiger partial charge < -0.3 is 14.8 Å². The molecule has 5 heteroatoms. The number of hydrogen-bond acceptors (Lipinski definition) is 3. The van der Waals surface area contributed by atoms with Gasteiger partial charge in [-0.1, -0.05) is 11.6 Å². The highest BCUT2D eigenvalue weighted by atomic mass is 35.5. The predicted molar refractivity (Wildman–Crippen MR) is 74.1 cm³/mol. The van der Waals surface area contributed by atoms with Crippen LogP contribution in [0.2, 0.25) is 5.02 Å². The minimum atomic E-state index is -1.41. The van der Waals surface area contributed by atoms with E-state index in [1.807, 2.05) is 6.07 Å². The summed E-state index contributed by atoms with van der Waals surface area (Å²) < 4.78 is 5.64. The number of carbonyl (C=O) groups is 1. The number of amides is 1. The average molecular weight is 282 g/mol. The van der Waals surface area contributed by atoms with Gasteiger partial charge in [0.1, 0.15) is 16.9 Å². The van der Waals surface area contributed by atoms with Crippen LogP contribution in [-0.2, 0) is 4.79 Å². The van der Waals surface area contributed by atoms with E-state index < -0.39 is 11.5 Å². The van der Waals surface area contributed by atoms with Crippen molar-refractivity contribution < 1.29 is 14.3 Å². The average Bonchev–Trinajstić information content (AvgIpc) is 2.70. The number of benzene rings is 1. The standard InChI is InChI=1S/C14H16ClNO3/c1-8(16-13(17)14(2,3)18)12-7-9-6-10(15)4-5-11(9)19-12/h4-8,18H,1-3H3,(H,16,17)/t8-/m0/s1. The summed E-state index contributed by atoms with van der Waals surface area (Å²) in [6.45, 7) is 4.67.